The van der Waals surface area contributed by atoms with E-state index < -0.39 is 0 Å². The lowest BCUT2D eigenvalue weighted by molar-refractivity contribution is 0.762. The molecule has 0 aliphatic heterocycles. The molecule has 0 bridgehead atoms. The molecule has 0 unspecified atom stereocenters. The van der Waals surface area contributed by atoms with Crippen LogP contribution in [-0.4, -0.2) is 27.2 Å². The predicted octanol–water partition coefficient (Wildman–Crippen LogP) is 2.50. The molecule has 0 amide bonds. The fourth-order valence-corrected chi connectivity index (χ4v) is 0.250. The van der Waals surface area contributed by atoms with E-state index in [0.717, 1.165) is 13.1 Å². The Kier molecular flexibility index (Phi) is 132. The highest BCUT2D eigenvalue weighted by Crippen LogP contribution is 1.47. The van der Waals surface area contributed by atoms with E-state index in [1.165, 1.54) is 0 Å². The molecular weight excluding hydrogens is 148 g/mol. The van der Waals surface area contributed by atoms with Crippen molar-refractivity contribution >= 4 is 0 Å². The van der Waals surface area contributed by atoms with Gasteiger partial charge in [-0.3, -0.25) is 0 Å². The van der Waals surface area contributed by atoms with Crippen LogP contribution < -0.4 is 10.6 Å². The number of rotatable bonds is 2. The maximum atomic E-state index is 3.11. The van der Waals surface area contributed by atoms with Gasteiger partial charge in [-0.2, -0.15) is 0 Å². The van der Waals surface area contributed by atoms with Gasteiger partial charge in [0.15, 0.2) is 0 Å². The van der Waals surface area contributed by atoms with E-state index in [2.05, 4.69) is 24.5 Å². The molecular formula is C10H30N2. The summed E-state index contributed by atoms with van der Waals surface area (Å²) in [6.07, 6.45) is 0. The van der Waals surface area contributed by atoms with Gasteiger partial charge in [0.05, 0.1) is 0 Å². The van der Waals surface area contributed by atoms with Crippen molar-refractivity contribution in [3.63, 3.8) is 0 Å². The second-order valence-electron chi connectivity index (χ2n) is 1.46. The van der Waals surface area contributed by atoms with Gasteiger partial charge in [0.1, 0.15) is 0 Å². The van der Waals surface area contributed by atoms with E-state index in [9.17, 15) is 0 Å². The quantitative estimate of drug-likeness (QED) is 0.679. The summed E-state index contributed by atoms with van der Waals surface area (Å²) in [6, 6.07) is 0. The van der Waals surface area contributed by atoms with E-state index in [4.69, 9.17) is 0 Å². The minimum absolute atomic E-state index is 1.09. The first-order chi connectivity index (χ1) is 5.83. The summed E-state index contributed by atoms with van der Waals surface area (Å²) in [5.74, 6) is 0. The fourth-order valence-electron chi connectivity index (χ4n) is 0.250. The Bertz CT molecular complexity index is 21.8. The van der Waals surface area contributed by atoms with E-state index in [0.29, 0.717) is 0 Å². The summed E-state index contributed by atoms with van der Waals surface area (Å²) in [4.78, 5) is 0. The van der Waals surface area contributed by atoms with E-state index >= 15 is 0 Å². The summed E-state index contributed by atoms with van der Waals surface area (Å²) >= 11 is 0. The van der Waals surface area contributed by atoms with Crippen molar-refractivity contribution in [1.29, 1.82) is 0 Å². The highest BCUT2D eigenvalue weighted by Gasteiger charge is 1.62. The topological polar surface area (TPSA) is 24.1 Å². The van der Waals surface area contributed by atoms with Crippen LogP contribution in [0, 0.1) is 0 Å². The Labute approximate surface area is 80.1 Å². The first-order valence-electron chi connectivity index (χ1n) is 5.12. The van der Waals surface area contributed by atoms with Crippen molar-refractivity contribution in [2.45, 2.75) is 41.5 Å². The molecule has 0 rings (SSSR count). The van der Waals surface area contributed by atoms with Crippen LogP contribution in [0.25, 0.3) is 0 Å². The Hall–Kier alpha value is -0.0800. The van der Waals surface area contributed by atoms with Gasteiger partial charge in [0, 0.05) is 0 Å². The average molecular weight is 178 g/mol. The van der Waals surface area contributed by atoms with Crippen LogP contribution >= 0.6 is 0 Å². The molecule has 0 spiro atoms. The maximum Gasteiger partial charge on any atom is -0.00775 e. The molecule has 0 radical (unpaired) electrons. The molecule has 0 fully saturated rings. The molecule has 2 N–H and O–H groups in total. The molecule has 80 valence electrons. The molecule has 0 atom stereocenters. The predicted molar refractivity (Wildman–Crippen MR) is 61.9 cm³/mol. The van der Waals surface area contributed by atoms with E-state index in [1.807, 2.05) is 41.8 Å². The molecule has 0 aliphatic rings. The van der Waals surface area contributed by atoms with Gasteiger partial charge in [0.25, 0.3) is 0 Å². The number of nitrogens with one attached hydrogen (secondary N) is 2. The Balaban J connectivity index is -0.0000000397. The normalized spacial score (nSPS) is 6.00. The van der Waals surface area contributed by atoms with Crippen LogP contribution in [0.15, 0.2) is 0 Å². The minimum Gasteiger partial charge on any atom is -0.323 e. The lowest BCUT2D eigenvalue weighted by atomic mass is 10.7. The third-order valence-corrected chi connectivity index (χ3v) is 0.500. The van der Waals surface area contributed by atoms with Gasteiger partial charge >= 0.3 is 0 Å². The lowest BCUT2D eigenvalue weighted by Gasteiger charge is -1.86. The molecule has 2 nitrogen and oxygen atoms in total. The van der Waals surface area contributed by atoms with Crippen molar-refractivity contribution in [3.8, 4) is 0 Å². The summed E-state index contributed by atoms with van der Waals surface area (Å²) in [5, 5.41) is 5.86. The molecule has 0 aromatic rings. The first kappa shape index (κ1) is 22.7. The van der Waals surface area contributed by atoms with Gasteiger partial charge in [-0.05, 0) is 27.2 Å². The molecule has 0 heterocycles. The average Bonchev–Trinajstić information content (AvgIpc) is 2.14. The van der Waals surface area contributed by atoms with Crippen LogP contribution in [0.3, 0.4) is 0 Å². The smallest absolute Gasteiger partial charge is 0.00775 e. The van der Waals surface area contributed by atoms with Gasteiger partial charge in [-0.15, -0.1) is 0 Å². The van der Waals surface area contributed by atoms with E-state index in [-0.39, 0.29) is 0 Å². The fraction of sp³-hybridized carbons (Fsp3) is 1.00. The standard InChI is InChI=1S/C4H11N.C2H7N.2C2H6/c1-3-5-4-2;1-3-2;2*1-2/h5H,3-4H2,1-2H3;3H,1-2H3;2*1-2H3. The molecule has 0 aromatic heterocycles. The largest absolute Gasteiger partial charge is 0.323 e. The van der Waals surface area contributed by atoms with Gasteiger partial charge in [-0.1, -0.05) is 41.5 Å². The molecule has 0 aliphatic carbocycles. The summed E-state index contributed by atoms with van der Waals surface area (Å²) in [6.45, 7) is 14.4. The monoisotopic (exact) mass is 178 g/mol. The first-order valence-corrected chi connectivity index (χ1v) is 5.12. The zero-order valence-corrected chi connectivity index (χ0v) is 10.4. The summed E-state index contributed by atoms with van der Waals surface area (Å²) in [5.41, 5.74) is 0. The van der Waals surface area contributed by atoms with Gasteiger partial charge in [-0.25, -0.2) is 0 Å². The SMILES string of the molecule is CC.CC.CCNCC.CNC. The Morgan fingerprint density at radius 3 is 0.917 bits per heavy atom. The Morgan fingerprint density at radius 1 is 0.750 bits per heavy atom. The van der Waals surface area contributed by atoms with Crippen LogP contribution in [0.2, 0.25) is 0 Å². The van der Waals surface area contributed by atoms with Crippen molar-refractivity contribution in [3.05, 3.63) is 0 Å². The van der Waals surface area contributed by atoms with Crippen molar-refractivity contribution in [2.75, 3.05) is 27.2 Å². The van der Waals surface area contributed by atoms with Crippen LogP contribution in [-0.2, 0) is 0 Å². The number of hydrogen-bond donors (Lipinski definition) is 2. The third-order valence-electron chi connectivity index (χ3n) is 0.500. The van der Waals surface area contributed by atoms with E-state index in [1.54, 1.807) is 0 Å². The maximum absolute atomic E-state index is 3.11. The van der Waals surface area contributed by atoms with Crippen LogP contribution in [0.5, 0.6) is 0 Å². The molecule has 2 heteroatoms. The Morgan fingerprint density at radius 2 is 0.917 bits per heavy atom. The van der Waals surface area contributed by atoms with Gasteiger partial charge in [0.2, 0.25) is 0 Å². The van der Waals surface area contributed by atoms with Gasteiger partial charge < -0.3 is 10.6 Å². The third kappa shape index (κ3) is 214. The minimum atomic E-state index is 1.09. The van der Waals surface area contributed by atoms with Crippen molar-refractivity contribution in [1.82, 2.24) is 10.6 Å². The highest BCUT2D eigenvalue weighted by atomic mass is 14.8. The molecule has 0 saturated carbocycles. The summed E-state index contributed by atoms with van der Waals surface area (Å²) in [7, 11) is 3.75. The van der Waals surface area contributed by atoms with Crippen molar-refractivity contribution < 1.29 is 0 Å². The molecule has 0 aromatic carbocycles. The number of hydrogen-bond acceptors (Lipinski definition) is 2. The molecule has 0 saturated heterocycles. The zero-order chi connectivity index (χ0) is 10.8. The molecule has 12 heavy (non-hydrogen) atoms. The van der Waals surface area contributed by atoms with Crippen molar-refractivity contribution in [2.24, 2.45) is 0 Å². The summed E-state index contributed by atoms with van der Waals surface area (Å²) < 4.78 is 0. The highest BCUT2D eigenvalue weighted by molar-refractivity contribution is 4.27. The zero-order valence-electron chi connectivity index (χ0n) is 10.4. The second-order valence-corrected chi connectivity index (χ2v) is 1.46. The second kappa shape index (κ2) is 69.9. The lowest BCUT2D eigenvalue weighted by Crippen LogP contribution is -2.09. The van der Waals surface area contributed by atoms with Crippen LogP contribution in [0.4, 0.5) is 0 Å². The van der Waals surface area contributed by atoms with Crippen LogP contribution in [0.1, 0.15) is 41.5 Å².